The van der Waals surface area contributed by atoms with Crippen molar-refractivity contribution in [2.45, 2.75) is 18.9 Å². The molecule has 1 aromatic carbocycles. The van der Waals surface area contributed by atoms with Crippen LogP contribution in [0.5, 0.6) is 6.01 Å². The van der Waals surface area contributed by atoms with Crippen molar-refractivity contribution in [2.75, 3.05) is 37.6 Å². The van der Waals surface area contributed by atoms with Gasteiger partial charge >= 0.3 is 12.0 Å². The molecule has 0 N–H and O–H groups in total. The zero-order valence-corrected chi connectivity index (χ0v) is 17.0. The number of ether oxygens (including phenoxy) is 1. The minimum Gasteiger partial charge on any atom is -0.458 e. The predicted octanol–water partition coefficient (Wildman–Crippen LogP) is 2.58. The lowest BCUT2D eigenvalue weighted by Gasteiger charge is -2.33. The maximum Gasteiger partial charge on any atom is 0.325 e. The van der Waals surface area contributed by atoms with E-state index in [4.69, 9.17) is 16.3 Å². The number of aromatic nitrogens is 2. The maximum absolute atomic E-state index is 14.0. The highest BCUT2D eigenvalue weighted by Crippen LogP contribution is 2.24. The molecule has 0 spiro atoms. The monoisotopic (exact) mass is 433 g/mol. The van der Waals surface area contributed by atoms with Gasteiger partial charge in [0.15, 0.2) is 0 Å². The summed E-state index contributed by atoms with van der Waals surface area (Å²) in [4.78, 5) is 38.0. The van der Waals surface area contributed by atoms with E-state index >= 15 is 0 Å². The predicted molar refractivity (Wildman–Crippen MR) is 108 cm³/mol. The number of amides is 3. The molecule has 2 saturated heterocycles. The fourth-order valence-electron chi connectivity index (χ4n) is 3.66. The Morgan fingerprint density at radius 3 is 2.73 bits per heavy atom. The van der Waals surface area contributed by atoms with E-state index in [-0.39, 0.29) is 36.3 Å². The van der Waals surface area contributed by atoms with Crippen molar-refractivity contribution in [3.8, 4) is 6.01 Å². The Labute approximate surface area is 178 Å². The lowest BCUT2D eigenvalue weighted by Crippen LogP contribution is -2.48. The number of hydrogen-bond acceptors (Lipinski definition) is 5. The van der Waals surface area contributed by atoms with E-state index in [9.17, 15) is 14.0 Å². The molecule has 2 aromatic rings. The Morgan fingerprint density at radius 2 is 1.97 bits per heavy atom. The molecule has 3 heterocycles. The number of benzene rings is 1. The highest BCUT2D eigenvalue weighted by atomic mass is 35.5. The zero-order valence-electron chi connectivity index (χ0n) is 16.2. The molecule has 1 unspecified atom stereocenters. The third-order valence-electron chi connectivity index (χ3n) is 5.16. The number of piperidine rings is 1. The lowest BCUT2D eigenvalue weighted by atomic mass is 10.1. The molecule has 2 aliphatic rings. The Kier molecular flexibility index (Phi) is 5.98. The molecule has 4 rings (SSSR count). The fourth-order valence-corrected chi connectivity index (χ4v) is 3.76. The quantitative estimate of drug-likeness (QED) is 0.724. The first kappa shape index (κ1) is 20.3. The van der Waals surface area contributed by atoms with Crippen LogP contribution in [0.4, 0.5) is 14.9 Å². The van der Waals surface area contributed by atoms with Crippen LogP contribution in [0.1, 0.15) is 12.8 Å². The van der Waals surface area contributed by atoms with Crippen LogP contribution in [0.15, 0.2) is 36.7 Å². The minimum atomic E-state index is -0.459. The van der Waals surface area contributed by atoms with Crippen molar-refractivity contribution in [3.63, 3.8) is 0 Å². The smallest absolute Gasteiger partial charge is 0.325 e. The van der Waals surface area contributed by atoms with Gasteiger partial charge in [-0.15, -0.1) is 0 Å². The van der Waals surface area contributed by atoms with Gasteiger partial charge < -0.3 is 14.5 Å². The van der Waals surface area contributed by atoms with Gasteiger partial charge in [0.1, 0.15) is 18.5 Å². The number of hydrogen-bond donors (Lipinski definition) is 0. The van der Waals surface area contributed by atoms with E-state index in [1.165, 1.54) is 28.3 Å². The first-order chi connectivity index (χ1) is 14.5. The number of nitrogens with zero attached hydrogens (tertiary/aromatic N) is 5. The third-order valence-corrected chi connectivity index (χ3v) is 5.36. The van der Waals surface area contributed by atoms with Gasteiger partial charge in [0, 0.05) is 19.6 Å². The number of para-hydroxylation sites is 1. The van der Waals surface area contributed by atoms with Gasteiger partial charge in [-0.3, -0.25) is 9.69 Å². The third kappa shape index (κ3) is 4.46. The molecule has 8 nitrogen and oxygen atoms in total. The Balaban J connectivity index is 1.34. The second-order valence-corrected chi connectivity index (χ2v) is 7.65. The summed E-state index contributed by atoms with van der Waals surface area (Å²) < 4.78 is 19.8. The van der Waals surface area contributed by atoms with Gasteiger partial charge in [-0.1, -0.05) is 23.7 Å². The summed E-state index contributed by atoms with van der Waals surface area (Å²) in [5.41, 5.74) is 0.229. The summed E-state index contributed by atoms with van der Waals surface area (Å²) in [6.45, 7) is 1.65. The number of halogens is 2. The summed E-state index contributed by atoms with van der Waals surface area (Å²) in [5.74, 6) is -0.622. The van der Waals surface area contributed by atoms with Crippen LogP contribution in [0.25, 0.3) is 0 Å². The molecule has 0 bridgehead atoms. The van der Waals surface area contributed by atoms with Crippen molar-refractivity contribution in [1.82, 2.24) is 19.8 Å². The number of urea groups is 1. The molecule has 1 atom stereocenters. The molecule has 10 heteroatoms. The van der Waals surface area contributed by atoms with Crippen LogP contribution < -0.4 is 9.64 Å². The highest BCUT2D eigenvalue weighted by Gasteiger charge is 2.34. The Hall–Kier alpha value is -2.94. The molecule has 0 saturated carbocycles. The first-order valence-electron chi connectivity index (χ1n) is 9.74. The molecular weight excluding hydrogens is 413 g/mol. The van der Waals surface area contributed by atoms with Crippen molar-refractivity contribution < 1.29 is 18.7 Å². The molecule has 158 valence electrons. The van der Waals surface area contributed by atoms with E-state index in [2.05, 4.69) is 9.97 Å². The second kappa shape index (κ2) is 8.83. The molecule has 0 radical (unpaired) electrons. The standard InChI is InChI=1S/C20H21ClFN5O3/c21-14-10-23-19(24-11-14)30-15-4-3-7-25(12-15)18(28)13-26-8-9-27(20(26)29)17-6-2-1-5-16(17)22/h1-2,5-6,10-11,15H,3-4,7-9,12-13H2. The van der Waals surface area contributed by atoms with Crippen LogP contribution in [0.3, 0.4) is 0 Å². The molecule has 30 heavy (non-hydrogen) atoms. The van der Waals surface area contributed by atoms with E-state index in [1.807, 2.05) is 0 Å². The van der Waals surface area contributed by atoms with E-state index < -0.39 is 5.82 Å². The summed E-state index contributed by atoms with van der Waals surface area (Å²) in [7, 11) is 0. The number of carbonyl (C=O) groups excluding carboxylic acids is 2. The van der Waals surface area contributed by atoms with Crippen LogP contribution in [-0.2, 0) is 4.79 Å². The van der Waals surface area contributed by atoms with Crippen molar-refractivity contribution in [1.29, 1.82) is 0 Å². The molecule has 0 aliphatic carbocycles. The van der Waals surface area contributed by atoms with Gasteiger partial charge in [0.05, 0.1) is 29.6 Å². The topological polar surface area (TPSA) is 78.9 Å². The van der Waals surface area contributed by atoms with Crippen LogP contribution in [-0.4, -0.2) is 70.5 Å². The van der Waals surface area contributed by atoms with E-state index in [1.54, 1.807) is 23.1 Å². The number of rotatable bonds is 5. The number of likely N-dealkylation sites (tertiary alicyclic amines) is 1. The van der Waals surface area contributed by atoms with Crippen LogP contribution in [0.2, 0.25) is 5.02 Å². The summed E-state index contributed by atoms with van der Waals surface area (Å²) >= 11 is 5.78. The second-order valence-electron chi connectivity index (χ2n) is 7.21. The Morgan fingerprint density at radius 1 is 1.20 bits per heavy atom. The fraction of sp³-hybridized carbons (Fsp3) is 0.400. The van der Waals surface area contributed by atoms with E-state index in [0.29, 0.717) is 31.2 Å². The molecule has 2 aliphatic heterocycles. The van der Waals surface area contributed by atoms with Gasteiger partial charge in [-0.05, 0) is 25.0 Å². The van der Waals surface area contributed by atoms with Crippen LogP contribution in [0, 0.1) is 5.82 Å². The van der Waals surface area contributed by atoms with Gasteiger partial charge in [0.2, 0.25) is 5.91 Å². The lowest BCUT2D eigenvalue weighted by molar-refractivity contribution is -0.134. The van der Waals surface area contributed by atoms with Gasteiger partial charge in [0.25, 0.3) is 0 Å². The number of carbonyl (C=O) groups is 2. The molecular formula is C20H21ClFN5O3. The summed E-state index contributed by atoms with van der Waals surface area (Å²) in [5, 5.41) is 0.419. The SMILES string of the molecule is O=C(CN1CCN(c2ccccc2F)C1=O)N1CCCC(Oc2ncc(Cl)cn2)C1. The van der Waals surface area contributed by atoms with Crippen LogP contribution >= 0.6 is 11.6 Å². The average molecular weight is 434 g/mol. The largest absolute Gasteiger partial charge is 0.458 e. The van der Waals surface area contributed by atoms with Crippen molar-refractivity contribution in [2.24, 2.45) is 0 Å². The first-order valence-corrected chi connectivity index (χ1v) is 10.1. The van der Waals surface area contributed by atoms with E-state index in [0.717, 1.165) is 12.8 Å². The van der Waals surface area contributed by atoms with Gasteiger partial charge in [-0.25, -0.2) is 19.2 Å². The summed E-state index contributed by atoms with van der Waals surface area (Å²) in [6.07, 6.45) is 4.23. The normalized spacial score (nSPS) is 19.3. The minimum absolute atomic E-state index is 0.0477. The average Bonchev–Trinajstić information content (AvgIpc) is 3.10. The Bertz CT molecular complexity index is 929. The highest BCUT2D eigenvalue weighted by molar-refractivity contribution is 6.30. The maximum atomic E-state index is 14.0. The van der Waals surface area contributed by atoms with Gasteiger partial charge in [-0.2, -0.15) is 0 Å². The van der Waals surface area contributed by atoms with Crippen molar-refractivity contribution in [3.05, 3.63) is 47.5 Å². The number of anilines is 1. The molecule has 1 aromatic heterocycles. The molecule has 3 amide bonds. The van der Waals surface area contributed by atoms with Crippen molar-refractivity contribution >= 4 is 29.2 Å². The zero-order chi connectivity index (χ0) is 21.1. The summed E-state index contributed by atoms with van der Waals surface area (Å²) in [6, 6.07) is 5.97. The molecule has 2 fully saturated rings.